The SMILES string of the molecule is CCCCCCCCOc1csc(-c2ccc3sc4ccc(-c5cc(OCCCCCCCC)cs5)cc4c3c2)c1. The van der Waals surface area contributed by atoms with Gasteiger partial charge in [-0.05, 0) is 60.4 Å². The zero-order valence-corrected chi connectivity index (χ0v) is 27.2. The Morgan fingerprint density at radius 2 is 0.951 bits per heavy atom. The molecule has 0 fully saturated rings. The second kappa shape index (κ2) is 15.8. The monoisotopic (exact) mass is 604 g/mol. The Labute approximate surface area is 258 Å². The van der Waals surface area contributed by atoms with E-state index in [0.29, 0.717) is 0 Å². The van der Waals surface area contributed by atoms with Gasteiger partial charge in [0.2, 0.25) is 0 Å². The minimum atomic E-state index is 0.813. The maximum atomic E-state index is 6.08. The molecule has 3 heterocycles. The van der Waals surface area contributed by atoms with Crippen molar-refractivity contribution in [2.24, 2.45) is 0 Å². The molecule has 0 saturated carbocycles. The first-order chi connectivity index (χ1) is 20.2. The minimum Gasteiger partial charge on any atom is -0.493 e. The number of rotatable bonds is 18. The van der Waals surface area contributed by atoms with Gasteiger partial charge in [-0.25, -0.2) is 0 Å². The van der Waals surface area contributed by atoms with Gasteiger partial charge in [0.25, 0.3) is 0 Å². The van der Waals surface area contributed by atoms with E-state index in [0.717, 1.165) is 37.6 Å². The van der Waals surface area contributed by atoms with Crippen LogP contribution >= 0.6 is 34.0 Å². The molecule has 0 aliphatic rings. The zero-order chi connectivity index (χ0) is 28.3. The molecule has 0 N–H and O–H groups in total. The van der Waals surface area contributed by atoms with E-state index in [9.17, 15) is 0 Å². The van der Waals surface area contributed by atoms with Crippen LogP contribution in [0.1, 0.15) is 90.9 Å². The highest BCUT2D eigenvalue weighted by Crippen LogP contribution is 2.41. The van der Waals surface area contributed by atoms with Crippen LogP contribution in [0.5, 0.6) is 11.5 Å². The van der Waals surface area contributed by atoms with Crippen molar-refractivity contribution in [1.29, 1.82) is 0 Å². The molecule has 0 saturated heterocycles. The largest absolute Gasteiger partial charge is 0.493 e. The lowest BCUT2D eigenvalue weighted by Gasteiger charge is -2.04. The number of thiophene rings is 3. The summed E-state index contributed by atoms with van der Waals surface area (Å²) in [5.41, 5.74) is 2.53. The van der Waals surface area contributed by atoms with Crippen molar-refractivity contribution in [3.05, 3.63) is 59.3 Å². The first-order valence-electron chi connectivity index (χ1n) is 15.6. The molecule has 0 radical (unpaired) electrons. The van der Waals surface area contributed by atoms with Crippen molar-refractivity contribution in [1.82, 2.24) is 0 Å². The van der Waals surface area contributed by atoms with Gasteiger partial charge in [-0.1, -0.05) is 90.2 Å². The maximum Gasteiger partial charge on any atom is 0.130 e. The van der Waals surface area contributed by atoms with Crippen LogP contribution in [0.15, 0.2) is 59.3 Å². The number of hydrogen-bond donors (Lipinski definition) is 0. The lowest BCUT2D eigenvalue weighted by molar-refractivity contribution is 0.305. The van der Waals surface area contributed by atoms with Crippen molar-refractivity contribution in [2.75, 3.05) is 13.2 Å². The molecular weight excluding hydrogens is 561 g/mol. The van der Waals surface area contributed by atoms with E-state index in [-0.39, 0.29) is 0 Å². The third kappa shape index (κ3) is 8.37. The topological polar surface area (TPSA) is 18.5 Å². The Morgan fingerprint density at radius 1 is 0.512 bits per heavy atom. The molecule has 0 aliphatic heterocycles. The summed E-state index contributed by atoms with van der Waals surface area (Å²) in [5, 5.41) is 6.99. The summed E-state index contributed by atoms with van der Waals surface area (Å²) in [6, 6.07) is 18.2. The van der Waals surface area contributed by atoms with E-state index in [2.05, 4.69) is 73.1 Å². The van der Waals surface area contributed by atoms with Gasteiger partial charge in [-0.3, -0.25) is 0 Å². The van der Waals surface area contributed by atoms with Crippen LogP contribution in [0.4, 0.5) is 0 Å². The van der Waals surface area contributed by atoms with Crippen molar-refractivity contribution in [3.63, 3.8) is 0 Å². The summed E-state index contributed by atoms with van der Waals surface area (Å²) in [4.78, 5) is 2.54. The predicted molar refractivity (Wildman–Crippen MR) is 184 cm³/mol. The molecule has 0 aliphatic carbocycles. The molecule has 5 aromatic rings. The van der Waals surface area contributed by atoms with Crippen LogP contribution in [0.25, 0.3) is 41.1 Å². The average Bonchev–Trinajstić information content (AvgIpc) is 3.74. The van der Waals surface area contributed by atoms with Gasteiger partial charge in [0.05, 0.1) is 13.2 Å². The molecule has 0 atom stereocenters. The summed E-state index contributed by atoms with van der Waals surface area (Å²) < 4.78 is 14.8. The van der Waals surface area contributed by atoms with Gasteiger partial charge in [0.1, 0.15) is 11.5 Å². The molecule has 5 rings (SSSR count). The van der Waals surface area contributed by atoms with Gasteiger partial charge in [-0.2, -0.15) is 0 Å². The van der Waals surface area contributed by atoms with E-state index < -0.39 is 0 Å². The summed E-state index contributed by atoms with van der Waals surface area (Å²) in [6.45, 7) is 6.16. The maximum absolute atomic E-state index is 6.08. The van der Waals surface area contributed by atoms with Crippen molar-refractivity contribution in [3.8, 4) is 32.4 Å². The Hall–Kier alpha value is -2.34. The predicted octanol–water partition coefficient (Wildman–Crippen LogP) is 13.0. The number of hydrogen-bond acceptors (Lipinski definition) is 5. The van der Waals surface area contributed by atoms with Gasteiger partial charge >= 0.3 is 0 Å². The lowest BCUT2D eigenvalue weighted by atomic mass is 10.1. The molecule has 0 bridgehead atoms. The van der Waals surface area contributed by atoms with E-state index in [1.165, 1.54) is 105 Å². The number of benzene rings is 2. The molecule has 0 spiro atoms. The molecular formula is C36H44O2S3. The highest BCUT2D eigenvalue weighted by atomic mass is 32.1. The van der Waals surface area contributed by atoms with Gasteiger partial charge < -0.3 is 9.47 Å². The molecule has 41 heavy (non-hydrogen) atoms. The molecule has 3 aromatic heterocycles. The van der Waals surface area contributed by atoms with Crippen LogP contribution < -0.4 is 9.47 Å². The van der Waals surface area contributed by atoms with E-state index in [4.69, 9.17) is 9.47 Å². The molecule has 218 valence electrons. The Kier molecular flexibility index (Phi) is 11.6. The number of fused-ring (bicyclic) bond motifs is 3. The normalized spacial score (nSPS) is 11.6. The van der Waals surface area contributed by atoms with Gasteiger partial charge in [0, 0.05) is 40.7 Å². The van der Waals surface area contributed by atoms with Crippen LogP contribution in [0.3, 0.4) is 0 Å². The molecule has 2 aromatic carbocycles. The molecule has 2 nitrogen and oxygen atoms in total. The molecule has 5 heteroatoms. The fourth-order valence-corrected chi connectivity index (χ4v) is 8.04. The Bertz CT molecular complexity index is 1380. The lowest BCUT2D eigenvalue weighted by Crippen LogP contribution is -1.95. The highest BCUT2D eigenvalue weighted by Gasteiger charge is 2.12. The Balaban J connectivity index is 1.22. The second-order valence-electron chi connectivity index (χ2n) is 11.0. The van der Waals surface area contributed by atoms with Crippen molar-refractivity contribution < 1.29 is 9.47 Å². The van der Waals surface area contributed by atoms with Crippen LogP contribution in [-0.2, 0) is 0 Å². The summed E-state index contributed by atoms with van der Waals surface area (Å²) in [5.74, 6) is 2.01. The number of ether oxygens (including phenoxy) is 2. The zero-order valence-electron chi connectivity index (χ0n) is 24.7. The van der Waals surface area contributed by atoms with Crippen LogP contribution in [0, 0.1) is 0 Å². The second-order valence-corrected chi connectivity index (χ2v) is 14.0. The van der Waals surface area contributed by atoms with Crippen LogP contribution in [0.2, 0.25) is 0 Å². The Morgan fingerprint density at radius 3 is 1.41 bits per heavy atom. The van der Waals surface area contributed by atoms with E-state index in [1.54, 1.807) is 22.7 Å². The van der Waals surface area contributed by atoms with Gasteiger partial charge in [-0.15, -0.1) is 34.0 Å². The van der Waals surface area contributed by atoms with Gasteiger partial charge in [0.15, 0.2) is 0 Å². The third-order valence-electron chi connectivity index (χ3n) is 7.72. The van der Waals surface area contributed by atoms with E-state index >= 15 is 0 Å². The quantitative estimate of drug-likeness (QED) is 0.0926. The average molecular weight is 605 g/mol. The molecule has 0 amide bonds. The minimum absolute atomic E-state index is 0.813. The number of unbranched alkanes of at least 4 members (excludes halogenated alkanes) is 10. The fraction of sp³-hybridized carbons (Fsp3) is 0.444. The standard InChI is InChI=1S/C36H44O2S3/c1-3-5-7-9-11-13-19-37-29-23-35(39-25-29)27-15-17-33-31(21-27)32-22-28(16-18-34(32)41-33)36-24-30(26-40-36)38-20-14-12-10-8-6-4-2/h15-18,21-26H,3-14,19-20H2,1-2H3. The highest BCUT2D eigenvalue weighted by molar-refractivity contribution is 7.25. The fourth-order valence-electron chi connectivity index (χ4n) is 5.32. The summed E-state index contributed by atoms with van der Waals surface area (Å²) in [7, 11) is 0. The van der Waals surface area contributed by atoms with Crippen molar-refractivity contribution in [2.45, 2.75) is 90.9 Å². The smallest absolute Gasteiger partial charge is 0.130 e. The van der Waals surface area contributed by atoms with E-state index in [1.807, 2.05) is 11.3 Å². The third-order valence-corrected chi connectivity index (χ3v) is 10.8. The first kappa shape index (κ1) is 30.1. The summed E-state index contributed by atoms with van der Waals surface area (Å²) >= 11 is 5.43. The van der Waals surface area contributed by atoms with Crippen molar-refractivity contribution >= 4 is 54.2 Å². The van der Waals surface area contributed by atoms with Crippen LogP contribution in [-0.4, -0.2) is 13.2 Å². The molecule has 0 unspecified atom stereocenters. The summed E-state index contributed by atoms with van der Waals surface area (Å²) in [6.07, 6.45) is 15.4. The first-order valence-corrected chi connectivity index (χ1v) is 18.2.